The summed E-state index contributed by atoms with van der Waals surface area (Å²) in [6.45, 7) is 5.23. The summed E-state index contributed by atoms with van der Waals surface area (Å²) in [5.74, 6) is -1.29. The molecule has 1 aromatic carbocycles. The lowest BCUT2D eigenvalue weighted by molar-refractivity contribution is -0.314. The number of aliphatic carboxylic acids is 1. The van der Waals surface area contributed by atoms with Gasteiger partial charge in [0.15, 0.2) is 0 Å². The second-order valence-corrected chi connectivity index (χ2v) is 7.03. The van der Waals surface area contributed by atoms with Crippen molar-refractivity contribution < 1.29 is 19.4 Å². The molecule has 1 aliphatic heterocycles. The minimum Gasteiger partial charge on any atom is -0.550 e. The van der Waals surface area contributed by atoms with Crippen molar-refractivity contribution in [3.05, 3.63) is 24.3 Å². The number of hydrogen-bond acceptors (Lipinski definition) is 5. The first kappa shape index (κ1) is 18.5. The number of amides is 1. The molecule has 1 aliphatic carbocycles. The van der Waals surface area contributed by atoms with E-state index in [-0.39, 0.29) is 5.91 Å². The molecule has 2 fully saturated rings. The van der Waals surface area contributed by atoms with Gasteiger partial charge in [-0.2, -0.15) is 0 Å². The van der Waals surface area contributed by atoms with Crippen molar-refractivity contribution in [2.45, 2.75) is 32.6 Å². The average Bonchev–Trinajstić information content (AvgIpc) is 2.68. The van der Waals surface area contributed by atoms with Crippen molar-refractivity contribution in [3.63, 3.8) is 0 Å². The fourth-order valence-electron chi connectivity index (χ4n) is 4.11. The standard InChI is InChI=1S/C20H28N2O4/c1-2-26-18-10-6-5-9-17(18)21-11-13-22(14-12-21)19(23)15-7-3-4-8-16(15)20(24)25/h5-6,9-10,15-16H,2-4,7-8,11-14H2,1H3,(H,24,25)/p-1/t15-,16-/m1/s1. The van der Waals surface area contributed by atoms with Gasteiger partial charge in [-0.1, -0.05) is 25.0 Å². The topological polar surface area (TPSA) is 72.9 Å². The van der Waals surface area contributed by atoms with Gasteiger partial charge in [0.1, 0.15) is 5.75 Å². The van der Waals surface area contributed by atoms with Gasteiger partial charge >= 0.3 is 0 Å². The van der Waals surface area contributed by atoms with Crippen LogP contribution in [-0.4, -0.2) is 49.6 Å². The SMILES string of the molecule is CCOc1ccccc1N1CCN(C(=O)[C@@H]2CCCC[C@H]2C(=O)[O-])CC1. The summed E-state index contributed by atoms with van der Waals surface area (Å²) >= 11 is 0. The second kappa shape index (κ2) is 8.43. The summed E-state index contributed by atoms with van der Waals surface area (Å²) in [4.78, 5) is 28.3. The van der Waals surface area contributed by atoms with Crippen LogP contribution in [0.15, 0.2) is 24.3 Å². The van der Waals surface area contributed by atoms with E-state index in [4.69, 9.17) is 4.74 Å². The molecule has 0 bridgehead atoms. The molecule has 2 aliphatic rings. The Kier molecular flexibility index (Phi) is 6.01. The number of para-hydroxylation sites is 2. The predicted molar refractivity (Wildman–Crippen MR) is 96.9 cm³/mol. The normalized spacial score (nSPS) is 23.6. The Morgan fingerprint density at radius 3 is 2.38 bits per heavy atom. The maximum Gasteiger partial charge on any atom is 0.226 e. The zero-order chi connectivity index (χ0) is 18.5. The Bertz CT molecular complexity index is 640. The van der Waals surface area contributed by atoms with E-state index >= 15 is 0 Å². The van der Waals surface area contributed by atoms with Crippen LogP contribution in [0.3, 0.4) is 0 Å². The molecule has 1 heterocycles. The highest BCUT2D eigenvalue weighted by Gasteiger charge is 2.35. The Balaban J connectivity index is 1.63. The number of carboxylic acid groups (broad SMARTS) is 1. The van der Waals surface area contributed by atoms with Gasteiger partial charge in [-0.25, -0.2) is 0 Å². The lowest BCUT2D eigenvalue weighted by atomic mass is 9.78. The zero-order valence-corrected chi connectivity index (χ0v) is 15.4. The zero-order valence-electron chi connectivity index (χ0n) is 15.4. The number of benzene rings is 1. The molecule has 0 radical (unpaired) electrons. The van der Waals surface area contributed by atoms with Crippen LogP contribution in [0.2, 0.25) is 0 Å². The van der Waals surface area contributed by atoms with Crippen molar-refractivity contribution in [1.29, 1.82) is 0 Å². The molecular weight excluding hydrogens is 332 g/mol. The maximum absolute atomic E-state index is 12.9. The molecule has 0 aromatic heterocycles. The molecule has 6 nitrogen and oxygen atoms in total. The van der Waals surface area contributed by atoms with Crippen LogP contribution < -0.4 is 14.7 Å². The summed E-state index contributed by atoms with van der Waals surface area (Å²) in [6, 6.07) is 7.94. The van der Waals surface area contributed by atoms with E-state index in [0.29, 0.717) is 32.5 Å². The van der Waals surface area contributed by atoms with Crippen LogP contribution in [0.5, 0.6) is 5.75 Å². The van der Waals surface area contributed by atoms with Gasteiger partial charge < -0.3 is 24.4 Å². The fraction of sp³-hybridized carbons (Fsp3) is 0.600. The molecular formula is C20H27N2O4-. The number of carboxylic acids is 1. The van der Waals surface area contributed by atoms with E-state index < -0.39 is 17.8 Å². The maximum atomic E-state index is 12.9. The largest absolute Gasteiger partial charge is 0.550 e. The Hall–Kier alpha value is -2.24. The molecule has 0 N–H and O–H groups in total. The number of anilines is 1. The van der Waals surface area contributed by atoms with Gasteiger partial charge in [0, 0.05) is 44.0 Å². The molecule has 1 saturated heterocycles. The second-order valence-electron chi connectivity index (χ2n) is 7.03. The molecule has 3 rings (SSSR count). The Morgan fingerprint density at radius 1 is 1.08 bits per heavy atom. The number of hydrogen-bond donors (Lipinski definition) is 0. The van der Waals surface area contributed by atoms with Crippen LogP contribution in [0.25, 0.3) is 0 Å². The van der Waals surface area contributed by atoms with Crippen molar-refractivity contribution in [2.24, 2.45) is 11.8 Å². The first-order chi connectivity index (χ1) is 12.6. The third-order valence-corrected chi connectivity index (χ3v) is 5.48. The third-order valence-electron chi connectivity index (χ3n) is 5.48. The van der Waals surface area contributed by atoms with Gasteiger partial charge in [-0.3, -0.25) is 4.79 Å². The Morgan fingerprint density at radius 2 is 1.73 bits per heavy atom. The van der Waals surface area contributed by atoms with Crippen LogP contribution in [-0.2, 0) is 9.59 Å². The van der Waals surface area contributed by atoms with Gasteiger partial charge in [0.25, 0.3) is 0 Å². The third kappa shape index (κ3) is 3.94. The average molecular weight is 359 g/mol. The first-order valence-electron chi connectivity index (χ1n) is 9.58. The van der Waals surface area contributed by atoms with Gasteiger partial charge in [-0.05, 0) is 31.9 Å². The number of piperazine rings is 1. The highest BCUT2D eigenvalue weighted by Crippen LogP contribution is 2.33. The number of carbonyl (C=O) groups excluding carboxylic acids is 2. The van der Waals surface area contributed by atoms with Crippen molar-refractivity contribution in [3.8, 4) is 5.75 Å². The lowest BCUT2D eigenvalue weighted by Gasteiger charge is -2.40. The molecule has 26 heavy (non-hydrogen) atoms. The van der Waals surface area contributed by atoms with E-state index in [1.54, 1.807) is 0 Å². The van der Waals surface area contributed by atoms with E-state index in [0.717, 1.165) is 37.4 Å². The molecule has 1 saturated carbocycles. The smallest absolute Gasteiger partial charge is 0.226 e. The molecule has 1 aromatic rings. The summed E-state index contributed by atoms with van der Waals surface area (Å²) in [5, 5.41) is 11.4. The molecule has 0 unspecified atom stereocenters. The van der Waals surface area contributed by atoms with Crippen LogP contribution >= 0.6 is 0 Å². The van der Waals surface area contributed by atoms with Crippen molar-refractivity contribution in [2.75, 3.05) is 37.7 Å². The predicted octanol–water partition coefficient (Wildman–Crippen LogP) is 1.29. The molecule has 6 heteroatoms. The van der Waals surface area contributed by atoms with Gasteiger partial charge in [0.2, 0.25) is 5.91 Å². The van der Waals surface area contributed by atoms with E-state index in [1.807, 2.05) is 36.1 Å². The van der Waals surface area contributed by atoms with Gasteiger partial charge in [0.05, 0.1) is 12.3 Å². The van der Waals surface area contributed by atoms with Crippen LogP contribution in [0, 0.1) is 11.8 Å². The molecule has 1 amide bonds. The minimum absolute atomic E-state index is 0.0170. The molecule has 2 atom stereocenters. The molecule has 0 spiro atoms. The van der Waals surface area contributed by atoms with Gasteiger partial charge in [-0.15, -0.1) is 0 Å². The van der Waals surface area contributed by atoms with Crippen molar-refractivity contribution >= 4 is 17.6 Å². The number of rotatable bonds is 5. The number of nitrogens with zero attached hydrogens (tertiary/aromatic N) is 2. The summed E-state index contributed by atoms with van der Waals surface area (Å²) in [6.07, 6.45) is 3.00. The van der Waals surface area contributed by atoms with E-state index in [9.17, 15) is 14.7 Å². The summed E-state index contributed by atoms with van der Waals surface area (Å²) < 4.78 is 5.71. The van der Waals surface area contributed by atoms with Crippen molar-refractivity contribution in [1.82, 2.24) is 4.90 Å². The van der Waals surface area contributed by atoms with Crippen LogP contribution in [0.1, 0.15) is 32.6 Å². The highest BCUT2D eigenvalue weighted by molar-refractivity contribution is 5.84. The summed E-state index contributed by atoms with van der Waals surface area (Å²) in [5.41, 5.74) is 1.05. The fourth-order valence-corrected chi connectivity index (χ4v) is 4.11. The number of carbonyl (C=O) groups is 2. The lowest BCUT2D eigenvalue weighted by Crippen LogP contribution is -2.53. The summed E-state index contributed by atoms with van der Waals surface area (Å²) in [7, 11) is 0. The first-order valence-corrected chi connectivity index (χ1v) is 9.58. The van der Waals surface area contributed by atoms with E-state index in [2.05, 4.69) is 4.90 Å². The Labute approximate surface area is 154 Å². The minimum atomic E-state index is -1.08. The quantitative estimate of drug-likeness (QED) is 0.792. The van der Waals surface area contributed by atoms with E-state index in [1.165, 1.54) is 0 Å². The molecule has 142 valence electrons. The number of ether oxygens (including phenoxy) is 1. The van der Waals surface area contributed by atoms with Crippen LogP contribution in [0.4, 0.5) is 5.69 Å². The highest BCUT2D eigenvalue weighted by atomic mass is 16.5. The monoisotopic (exact) mass is 359 g/mol.